The number of aliphatic hydroxyl groups is 1. The Bertz CT molecular complexity index is 774. The van der Waals surface area contributed by atoms with Crippen LogP contribution < -0.4 is 4.90 Å². The Morgan fingerprint density at radius 3 is 2.56 bits per heavy atom. The van der Waals surface area contributed by atoms with Gasteiger partial charge in [-0.2, -0.15) is 0 Å². The van der Waals surface area contributed by atoms with Crippen molar-refractivity contribution in [1.82, 2.24) is 4.90 Å². The standard InChI is InChI=1S/C21H24N2O2/c24-15-20-18-7-3-1-5-16(18)9-12-22(20)13-11-21(25)23-14-10-17-6-2-4-8-19(17)23/h1-8,20,24H,9-15H2. The monoisotopic (exact) mass is 336 g/mol. The quantitative estimate of drug-likeness (QED) is 0.933. The highest BCUT2D eigenvalue weighted by atomic mass is 16.3. The van der Waals surface area contributed by atoms with Crippen LogP contribution in [0.2, 0.25) is 0 Å². The number of amides is 1. The molecule has 1 N–H and O–H groups in total. The van der Waals surface area contributed by atoms with E-state index in [0.29, 0.717) is 13.0 Å². The van der Waals surface area contributed by atoms with Crippen LogP contribution in [0.3, 0.4) is 0 Å². The Balaban J connectivity index is 1.43. The molecule has 0 spiro atoms. The van der Waals surface area contributed by atoms with Gasteiger partial charge in [0.25, 0.3) is 0 Å². The molecule has 2 heterocycles. The molecule has 1 amide bonds. The number of hydrogen-bond donors (Lipinski definition) is 1. The van der Waals surface area contributed by atoms with Crippen molar-refractivity contribution in [3.8, 4) is 0 Å². The molecule has 4 heteroatoms. The zero-order chi connectivity index (χ0) is 17.2. The number of nitrogens with zero attached hydrogens (tertiary/aromatic N) is 2. The molecule has 4 nitrogen and oxygen atoms in total. The molecular formula is C21H24N2O2. The number of para-hydroxylation sites is 1. The second kappa shape index (κ2) is 6.98. The van der Waals surface area contributed by atoms with Gasteiger partial charge in [0.15, 0.2) is 0 Å². The Morgan fingerprint density at radius 2 is 1.72 bits per heavy atom. The van der Waals surface area contributed by atoms with Gasteiger partial charge >= 0.3 is 0 Å². The fourth-order valence-corrected chi connectivity index (χ4v) is 4.16. The van der Waals surface area contributed by atoms with Gasteiger partial charge < -0.3 is 10.0 Å². The van der Waals surface area contributed by atoms with Crippen LogP contribution in [0, 0.1) is 0 Å². The van der Waals surface area contributed by atoms with Crippen molar-refractivity contribution in [3.63, 3.8) is 0 Å². The maximum atomic E-state index is 12.7. The van der Waals surface area contributed by atoms with Crippen molar-refractivity contribution < 1.29 is 9.90 Å². The maximum Gasteiger partial charge on any atom is 0.228 e. The lowest BCUT2D eigenvalue weighted by Crippen LogP contribution is -2.40. The molecular weight excluding hydrogens is 312 g/mol. The van der Waals surface area contributed by atoms with E-state index < -0.39 is 0 Å². The largest absolute Gasteiger partial charge is 0.394 e. The van der Waals surface area contributed by atoms with Crippen LogP contribution >= 0.6 is 0 Å². The Kier molecular flexibility index (Phi) is 4.55. The van der Waals surface area contributed by atoms with Crippen molar-refractivity contribution in [3.05, 3.63) is 65.2 Å². The SMILES string of the molecule is O=C(CCN1CCc2ccccc2C1CO)N1CCc2ccccc21. The molecule has 4 rings (SSSR count). The predicted octanol–water partition coefficient (Wildman–Crippen LogP) is 2.56. The third-order valence-electron chi connectivity index (χ3n) is 5.50. The number of carbonyl (C=O) groups excluding carboxylic acids is 1. The topological polar surface area (TPSA) is 43.8 Å². The van der Waals surface area contributed by atoms with E-state index in [1.807, 2.05) is 29.2 Å². The highest BCUT2D eigenvalue weighted by Crippen LogP contribution is 2.31. The molecule has 1 unspecified atom stereocenters. The number of aliphatic hydroxyl groups excluding tert-OH is 1. The van der Waals surface area contributed by atoms with Crippen LogP contribution in [-0.2, 0) is 17.6 Å². The first-order valence-corrected chi connectivity index (χ1v) is 9.09. The van der Waals surface area contributed by atoms with Crippen LogP contribution in [0.25, 0.3) is 0 Å². The third-order valence-corrected chi connectivity index (χ3v) is 5.50. The summed E-state index contributed by atoms with van der Waals surface area (Å²) < 4.78 is 0. The van der Waals surface area contributed by atoms with E-state index in [4.69, 9.17) is 0 Å². The molecule has 0 bridgehead atoms. The van der Waals surface area contributed by atoms with E-state index in [1.165, 1.54) is 16.7 Å². The summed E-state index contributed by atoms with van der Waals surface area (Å²) in [6, 6.07) is 16.5. The molecule has 1 atom stereocenters. The summed E-state index contributed by atoms with van der Waals surface area (Å²) in [6.45, 7) is 2.46. The Labute approximate surface area is 148 Å². The maximum absolute atomic E-state index is 12.7. The van der Waals surface area contributed by atoms with Gasteiger partial charge in [0.2, 0.25) is 5.91 Å². The summed E-state index contributed by atoms with van der Waals surface area (Å²) in [6.07, 6.45) is 2.42. The van der Waals surface area contributed by atoms with Crippen molar-refractivity contribution >= 4 is 11.6 Å². The van der Waals surface area contributed by atoms with E-state index >= 15 is 0 Å². The smallest absolute Gasteiger partial charge is 0.228 e. The first kappa shape index (κ1) is 16.3. The van der Waals surface area contributed by atoms with Gasteiger partial charge in [-0.05, 0) is 35.6 Å². The van der Waals surface area contributed by atoms with E-state index in [-0.39, 0.29) is 18.6 Å². The normalized spacial score (nSPS) is 19.6. The highest BCUT2D eigenvalue weighted by molar-refractivity contribution is 5.95. The summed E-state index contributed by atoms with van der Waals surface area (Å²) >= 11 is 0. The number of fused-ring (bicyclic) bond motifs is 2. The molecule has 2 aliphatic rings. The van der Waals surface area contributed by atoms with Crippen molar-refractivity contribution in [2.75, 3.05) is 31.1 Å². The van der Waals surface area contributed by atoms with Crippen molar-refractivity contribution in [2.45, 2.75) is 25.3 Å². The predicted molar refractivity (Wildman–Crippen MR) is 98.7 cm³/mol. The number of anilines is 1. The van der Waals surface area contributed by atoms with Gasteiger partial charge in [-0.1, -0.05) is 42.5 Å². The zero-order valence-corrected chi connectivity index (χ0v) is 14.4. The van der Waals surface area contributed by atoms with E-state index in [1.54, 1.807) is 0 Å². The highest BCUT2D eigenvalue weighted by Gasteiger charge is 2.28. The van der Waals surface area contributed by atoms with E-state index in [9.17, 15) is 9.90 Å². The lowest BCUT2D eigenvalue weighted by Gasteiger charge is -2.36. The zero-order valence-electron chi connectivity index (χ0n) is 14.4. The lowest BCUT2D eigenvalue weighted by atomic mass is 9.93. The summed E-state index contributed by atoms with van der Waals surface area (Å²) in [5.74, 6) is 0.181. The van der Waals surface area contributed by atoms with Crippen LogP contribution in [0.4, 0.5) is 5.69 Å². The van der Waals surface area contributed by atoms with Crippen LogP contribution in [0.5, 0.6) is 0 Å². The van der Waals surface area contributed by atoms with Crippen LogP contribution in [0.1, 0.15) is 29.2 Å². The van der Waals surface area contributed by atoms with E-state index in [2.05, 4.69) is 29.2 Å². The molecule has 0 fully saturated rings. The van der Waals surface area contributed by atoms with Gasteiger partial charge in [0.1, 0.15) is 0 Å². The van der Waals surface area contributed by atoms with Gasteiger partial charge in [-0.25, -0.2) is 0 Å². The molecule has 0 saturated heterocycles. The summed E-state index contributed by atoms with van der Waals surface area (Å²) in [4.78, 5) is 16.9. The molecule has 25 heavy (non-hydrogen) atoms. The number of benzene rings is 2. The Hall–Kier alpha value is -2.17. The minimum atomic E-state index is 0.00335. The molecule has 2 aliphatic heterocycles. The number of rotatable bonds is 4. The van der Waals surface area contributed by atoms with Gasteiger partial charge in [0, 0.05) is 31.7 Å². The third kappa shape index (κ3) is 3.08. The second-order valence-electron chi connectivity index (χ2n) is 6.86. The van der Waals surface area contributed by atoms with Gasteiger partial charge in [0.05, 0.1) is 12.6 Å². The van der Waals surface area contributed by atoms with Crippen molar-refractivity contribution in [1.29, 1.82) is 0 Å². The second-order valence-corrected chi connectivity index (χ2v) is 6.86. The number of hydrogen-bond acceptors (Lipinski definition) is 3. The lowest BCUT2D eigenvalue weighted by molar-refractivity contribution is -0.119. The fourth-order valence-electron chi connectivity index (χ4n) is 4.16. The minimum Gasteiger partial charge on any atom is -0.394 e. The fraction of sp³-hybridized carbons (Fsp3) is 0.381. The van der Waals surface area contributed by atoms with Crippen LogP contribution in [0.15, 0.2) is 48.5 Å². The molecule has 130 valence electrons. The van der Waals surface area contributed by atoms with Gasteiger partial charge in [-0.3, -0.25) is 9.69 Å². The molecule has 0 aromatic heterocycles. The molecule has 2 aromatic carbocycles. The van der Waals surface area contributed by atoms with Gasteiger partial charge in [-0.15, -0.1) is 0 Å². The molecule has 0 radical (unpaired) electrons. The van der Waals surface area contributed by atoms with Crippen LogP contribution in [-0.4, -0.2) is 42.2 Å². The van der Waals surface area contributed by atoms with Crippen molar-refractivity contribution in [2.24, 2.45) is 0 Å². The molecule has 2 aromatic rings. The first-order valence-electron chi connectivity index (χ1n) is 9.09. The average Bonchev–Trinajstić information content (AvgIpc) is 3.09. The van der Waals surface area contributed by atoms with E-state index in [0.717, 1.165) is 31.6 Å². The number of carbonyl (C=O) groups is 1. The summed E-state index contributed by atoms with van der Waals surface area (Å²) in [5.41, 5.74) is 4.85. The molecule has 0 saturated carbocycles. The first-order chi connectivity index (χ1) is 12.3. The summed E-state index contributed by atoms with van der Waals surface area (Å²) in [7, 11) is 0. The summed E-state index contributed by atoms with van der Waals surface area (Å²) in [5, 5.41) is 9.88. The molecule has 0 aliphatic carbocycles. The Morgan fingerprint density at radius 1 is 1.00 bits per heavy atom. The minimum absolute atomic E-state index is 0.00335. The average molecular weight is 336 g/mol.